The van der Waals surface area contributed by atoms with Crippen LogP contribution >= 0.6 is 0 Å². The molecule has 100 valence electrons. The average molecular weight is 268 g/mol. The van der Waals surface area contributed by atoms with Crippen LogP contribution in [0, 0.1) is 24.4 Å². The van der Waals surface area contributed by atoms with Crippen LogP contribution in [0.15, 0.2) is 24.3 Å². The van der Waals surface area contributed by atoms with Gasteiger partial charge in [-0.05, 0) is 24.6 Å². The van der Waals surface area contributed by atoms with Gasteiger partial charge >= 0.3 is 0 Å². The van der Waals surface area contributed by atoms with Crippen LogP contribution in [0.5, 0.6) is 0 Å². The van der Waals surface area contributed by atoms with Crippen molar-refractivity contribution in [3.8, 4) is 0 Å². The Kier molecular flexibility index (Phi) is 3.57. The zero-order valence-electron chi connectivity index (χ0n) is 9.97. The molecule has 1 heterocycles. The Hall–Kier alpha value is -2.28. The van der Waals surface area contributed by atoms with E-state index in [4.69, 9.17) is 5.84 Å². The lowest BCUT2D eigenvalue weighted by atomic mass is 10.2. The van der Waals surface area contributed by atoms with E-state index in [1.807, 2.05) is 5.43 Å². The van der Waals surface area contributed by atoms with E-state index in [-0.39, 0.29) is 11.6 Å². The Labute approximate surface area is 107 Å². The highest BCUT2D eigenvalue weighted by Gasteiger charge is 2.12. The van der Waals surface area contributed by atoms with Crippen molar-refractivity contribution < 1.29 is 13.2 Å². The van der Waals surface area contributed by atoms with Crippen LogP contribution in [-0.4, -0.2) is 4.98 Å². The minimum Gasteiger partial charge on any atom is -0.337 e. The first-order chi connectivity index (χ1) is 9.01. The van der Waals surface area contributed by atoms with Gasteiger partial charge in [0.25, 0.3) is 0 Å². The number of pyridine rings is 1. The molecule has 2 aromatic rings. The summed E-state index contributed by atoms with van der Waals surface area (Å²) in [7, 11) is 0. The molecule has 0 aliphatic heterocycles. The monoisotopic (exact) mass is 268 g/mol. The van der Waals surface area contributed by atoms with E-state index in [1.54, 1.807) is 6.92 Å². The van der Waals surface area contributed by atoms with E-state index >= 15 is 0 Å². The van der Waals surface area contributed by atoms with Crippen LogP contribution in [0.1, 0.15) is 5.56 Å². The molecule has 1 aromatic heterocycles. The summed E-state index contributed by atoms with van der Waals surface area (Å²) in [6.07, 6.45) is 0. The second-order valence-electron chi connectivity index (χ2n) is 3.88. The van der Waals surface area contributed by atoms with E-state index in [2.05, 4.69) is 10.3 Å². The lowest BCUT2D eigenvalue weighted by Crippen LogP contribution is -2.12. The number of nitrogens with one attached hydrogen (secondary N) is 2. The number of rotatable bonds is 3. The maximum atomic E-state index is 13.6. The van der Waals surface area contributed by atoms with Gasteiger partial charge in [0.05, 0.1) is 0 Å². The lowest BCUT2D eigenvalue weighted by Gasteiger charge is -2.11. The number of aryl methyl sites for hydroxylation is 1. The molecule has 2 rings (SSSR count). The number of hydrogen-bond donors (Lipinski definition) is 3. The number of nitrogen functional groups attached to an aromatic ring is 1. The molecule has 0 bridgehead atoms. The van der Waals surface area contributed by atoms with Crippen LogP contribution in [0.2, 0.25) is 0 Å². The van der Waals surface area contributed by atoms with Gasteiger partial charge in [-0.3, -0.25) is 0 Å². The molecule has 0 fully saturated rings. The fraction of sp³-hybridized carbons (Fsp3) is 0.0833. The summed E-state index contributed by atoms with van der Waals surface area (Å²) >= 11 is 0. The van der Waals surface area contributed by atoms with Crippen molar-refractivity contribution in [2.75, 3.05) is 10.7 Å². The number of hydrazine groups is 1. The Morgan fingerprint density at radius 2 is 1.74 bits per heavy atom. The molecule has 0 unspecified atom stereocenters. The van der Waals surface area contributed by atoms with Crippen molar-refractivity contribution in [3.63, 3.8) is 0 Å². The molecule has 0 aliphatic carbocycles. The number of hydrogen-bond acceptors (Lipinski definition) is 4. The van der Waals surface area contributed by atoms with Gasteiger partial charge in [0.15, 0.2) is 23.3 Å². The molecular formula is C12H11F3N4. The molecule has 0 saturated heterocycles. The van der Waals surface area contributed by atoms with Crippen LogP contribution in [0.3, 0.4) is 0 Å². The molecule has 0 aliphatic rings. The minimum absolute atomic E-state index is 0.247. The van der Waals surface area contributed by atoms with Crippen LogP contribution in [0.25, 0.3) is 0 Å². The number of benzene rings is 1. The third kappa shape index (κ3) is 2.76. The van der Waals surface area contributed by atoms with E-state index < -0.39 is 17.5 Å². The first-order valence-corrected chi connectivity index (χ1v) is 5.37. The first-order valence-electron chi connectivity index (χ1n) is 5.37. The Morgan fingerprint density at radius 1 is 1.05 bits per heavy atom. The molecule has 0 spiro atoms. The topological polar surface area (TPSA) is 63.0 Å². The summed E-state index contributed by atoms with van der Waals surface area (Å²) < 4.78 is 39.9. The van der Waals surface area contributed by atoms with Crippen LogP contribution < -0.4 is 16.6 Å². The summed E-state index contributed by atoms with van der Waals surface area (Å²) in [4.78, 5) is 3.64. The summed E-state index contributed by atoms with van der Waals surface area (Å²) in [6, 6.07) is 4.64. The summed E-state index contributed by atoms with van der Waals surface area (Å²) in [5.41, 5.74) is 3.03. The third-order valence-corrected chi connectivity index (χ3v) is 2.52. The van der Waals surface area contributed by atoms with Crippen molar-refractivity contribution in [1.82, 2.24) is 4.98 Å². The molecule has 0 radical (unpaired) electrons. The molecule has 4 nitrogen and oxygen atoms in total. The van der Waals surface area contributed by atoms with Crippen molar-refractivity contribution in [2.24, 2.45) is 5.84 Å². The van der Waals surface area contributed by atoms with Gasteiger partial charge in [-0.2, -0.15) is 0 Å². The number of nitrogens with two attached hydrogens (primary N) is 1. The van der Waals surface area contributed by atoms with Gasteiger partial charge < -0.3 is 10.7 Å². The van der Waals surface area contributed by atoms with Crippen molar-refractivity contribution in [1.29, 1.82) is 0 Å². The second kappa shape index (κ2) is 5.15. The summed E-state index contributed by atoms with van der Waals surface area (Å²) in [6.45, 7) is 1.71. The van der Waals surface area contributed by atoms with Crippen molar-refractivity contribution >= 4 is 17.3 Å². The molecular weight excluding hydrogens is 257 g/mol. The standard InChI is InChI=1S/C12H11F3N4/c1-6-2-3-7(13)4-10(6)17-11-8(14)5-9(15)12(18-11)19-16/h2-5H,16H2,1H3,(H2,17,18,19). The molecule has 1 aromatic carbocycles. The highest BCUT2D eigenvalue weighted by molar-refractivity contribution is 5.62. The SMILES string of the molecule is Cc1ccc(F)cc1Nc1nc(NN)c(F)cc1F. The van der Waals surface area contributed by atoms with E-state index in [0.29, 0.717) is 17.3 Å². The average Bonchev–Trinajstić information content (AvgIpc) is 2.37. The lowest BCUT2D eigenvalue weighted by molar-refractivity contribution is 0.579. The second-order valence-corrected chi connectivity index (χ2v) is 3.88. The smallest absolute Gasteiger partial charge is 0.178 e. The zero-order chi connectivity index (χ0) is 14.0. The maximum absolute atomic E-state index is 13.6. The van der Waals surface area contributed by atoms with Gasteiger partial charge in [-0.1, -0.05) is 6.07 Å². The van der Waals surface area contributed by atoms with Gasteiger partial charge in [0.1, 0.15) is 5.82 Å². The Bertz CT molecular complexity index is 616. The number of aromatic nitrogens is 1. The fourth-order valence-corrected chi connectivity index (χ4v) is 1.51. The van der Waals surface area contributed by atoms with Crippen LogP contribution in [-0.2, 0) is 0 Å². The highest BCUT2D eigenvalue weighted by atomic mass is 19.1. The van der Waals surface area contributed by atoms with E-state index in [1.165, 1.54) is 18.2 Å². The largest absolute Gasteiger partial charge is 0.337 e. The van der Waals surface area contributed by atoms with E-state index in [0.717, 1.165) is 0 Å². The summed E-state index contributed by atoms with van der Waals surface area (Å²) in [5, 5.41) is 2.59. The van der Waals surface area contributed by atoms with Crippen LogP contribution in [0.4, 0.5) is 30.5 Å². The van der Waals surface area contributed by atoms with Gasteiger partial charge in [-0.25, -0.2) is 24.0 Å². The quantitative estimate of drug-likeness (QED) is 0.591. The van der Waals surface area contributed by atoms with Gasteiger partial charge in [-0.15, -0.1) is 0 Å². The summed E-state index contributed by atoms with van der Waals surface area (Å²) in [5.74, 6) is 2.20. The molecule has 7 heteroatoms. The normalized spacial score (nSPS) is 10.4. The number of halogens is 3. The molecule has 0 saturated carbocycles. The Morgan fingerprint density at radius 3 is 2.42 bits per heavy atom. The molecule has 0 amide bonds. The van der Waals surface area contributed by atoms with Gasteiger partial charge in [0.2, 0.25) is 0 Å². The van der Waals surface area contributed by atoms with Crippen molar-refractivity contribution in [2.45, 2.75) is 6.92 Å². The first kappa shape index (κ1) is 13.2. The third-order valence-electron chi connectivity index (χ3n) is 2.52. The van der Waals surface area contributed by atoms with E-state index in [9.17, 15) is 13.2 Å². The van der Waals surface area contributed by atoms with Gasteiger partial charge in [0, 0.05) is 11.8 Å². The van der Waals surface area contributed by atoms with Crippen molar-refractivity contribution in [3.05, 3.63) is 47.3 Å². The maximum Gasteiger partial charge on any atom is 0.178 e. The Balaban J connectivity index is 2.40. The molecule has 0 atom stereocenters. The molecule has 19 heavy (non-hydrogen) atoms. The minimum atomic E-state index is -0.915. The predicted octanol–water partition coefficient (Wildman–Crippen LogP) is 2.84. The predicted molar refractivity (Wildman–Crippen MR) is 66.4 cm³/mol. The fourth-order valence-electron chi connectivity index (χ4n) is 1.51. The molecule has 4 N–H and O–H groups in total. The number of anilines is 3. The number of nitrogens with zero attached hydrogens (tertiary/aromatic N) is 1. The zero-order valence-corrected chi connectivity index (χ0v) is 9.97. The highest BCUT2D eigenvalue weighted by Crippen LogP contribution is 2.24.